The first kappa shape index (κ1) is 34.7. The molecule has 0 amide bonds. The predicted molar refractivity (Wildman–Crippen MR) is 179 cm³/mol. The van der Waals surface area contributed by atoms with E-state index in [0.717, 1.165) is 16.9 Å². The van der Waals surface area contributed by atoms with Crippen molar-refractivity contribution in [1.82, 2.24) is 0 Å². The highest BCUT2D eigenvalue weighted by Crippen LogP contribution is 2.38. The van der Waals surface area contributed by atoms with E-state index in [-0.39, 0.29) is 35.5 Å². The summed E-state index contributed by atoms with van der Waals surface area (Å²) in [4.78, 5) is 0. The monoisotopic (exact) mass is 604 g/mol. The van der Waals surface area contributed by atoms with Crippen LogP contribution in [-0.2, 0) is 15.8 Å². The molecule has 0 heterocycles. The second-order valence-corrected chi connectivity index (χ2v) is 17.1. The van der Waals surface area contributed by atoms with E-state index in [9.17, 15) is 10.2 Å². The van der Waals surface area contributed by atoms with Gasteiger partial charge < -0.3 is 24.1 Å². The molecule has 3 rings (SSSR count). The van der Waals surface area contributed by atoms with Crippen LogP contribution in [0.4, 0.5) is 0 Å². The van der Waals surface area contributed by atoms with Gasteiger partial charge in [0.15, 0.2) is 0 Å². The lowest BCUT2D eigenvalue weighted by atomic mass is 9.82. The number of methoxy groups -OCH3 is 1. The van der Waals surface area contributed by atoms with Crippen molar-refractivity contribution in [2.75, 3.05) is 20.3 Å². The van der Waals surface area contributed by atoms with Crippen molar-refractivity contribution >= 4 is 18.7 Å². The SMILES string of the molecule is C/C=C(/C(O)[C@@H](C)CO[Si](c1ccccc1)(c1ccccc1)C(C)(C)C)[C@@H](C)[C@@H](OCc1ccc(OC)cc1)[C@H](C)CO. The van der Waals surface area contributed by atoms with Gasteiger partial charge in [0.1, 0.15) is 5.75 Å². The molecule has 0 radical (unpaired) electrons. The summed E-state index contributed by atoms with van der Waals surface area (Å²) in [6, 6.07) is 29.0. The molecule has 0 spiro atoms. The zero-order valence-electron chi connectivity index (χ0n) is 27.3. The molecular formula is C37H52O5Si. The Kier molecular flexibility index (Phi) is 12.8. The number of hydrogen-bond donors (Lipinski definition) is 2. The van der Waals surface area contributed by atoms with E-state index in [0.29, 0.717) is 13.2 Å². The van der Waals surface area contributed by atoms with Gasteiger partial charge in [-0.15, -0.1) is 0 Å². The van der Waals surface area contributed by atoms with Crippen molar-refractivity contribution in [2.45, 2.75) is 72.3 Å². The number of benzene rings is 3. The maximum absolute atomic E-state index is 11.8. The van der Waals surface area contributed by atoms with Crippen molar-refractivity contribution in [3.05, 3.63) is 102 Å². The van der Waals surface area contributed by atoms with Gasteiger partial charge >= 0.3 is 0 Å². The molecule has 0 saturated carbocycles. The van der Waals surface area contributed by atoms with Crippen LogP contribution in [0.5, 0.6) is 5.75 Å². The molecule has 0 fully saturated rings. The van der Waals surface area contributed by atoms with E-state index in [2.05, 4.69) is 83.1 Å². The van der Waals surface area contributed by atoms with Gasteiger partial charge in [-0.05, 0) is 45.6 Å². The van der Waals surface area contributed by atoms with Gasteiger partial charge in [0.25, 0.3) is 8.32 Å². The molecule has 0 saturated heterocycles. The predicted octanol–water partition coefficient (Wildman–Crippen LogP) is 6.36. The lowest BCUT2D eigenvalue weighted by Gasteiger charge is -2.44. The number of hydrogen-bond acceptors (Lipinski definition) is 5. The third-order valence-electron chi connectivity index (χ3n) is 8.66. The molecule has 43 heavy (non-hydrogen) atoms. The van der Waals surface area contributed by atoms with Crippen molar-refractivity contribution in [2.24, 2.45) is 17.8 Å². The molecule has 3 aromatic carbocycles. The molecule has 5 atom stereocenters. The largest absolute Gasteiger partial charge is 0.497 e. The molecule has 0 aromatic heterocycles. The fourth-order valence-corrected chi connectivity index (χ4v) is 10.8. The number of rotatable bonds is 15. The van der Waals surface area contributed by atoms with Crippen LogP contribution in [0.25, 0.3) is 0 Å². The Balaban J connectivity index is 1.83. The first-order valence-corrected chi connectivity index (χ1v) is 17.4. The Bertz CT molecular complexity index is 1210. The van der Waals surface area contributed by atoms with Gasteiger partial charge in [-0.25, -0.2) is 0 Å². The number of aliphatic hydroxyl groups is 2. The molecule has 2 N–H and O–H groups in total. The molecule has 6 heteroatoms. The number of allylic oxidation sites excluding steroid dienone is 1. The summed E-state index contributed by atoms with van der Waals surface area (Å²) >= 11 is 0. The summed E-state index contributed by atoms with van der Waals surface area (Å²) in [6.07, 6.45) is 0.997. The standard InChI is InChI=1S/C37H52O5Si/c1-9-34(29(4)36(27(2)24-38)41-26-30-20-22-31(40-8)23-21-30)35(39)28(3)25-42-43(37(5,6)7,32-16-12-10-13-17-32)33-18-14-11-15-19-33/h9-23,27-29,35-36,38-39H,24-26H2,1-8H3/b34-9+/t27-,28+,29-,35?,36+/m1/s1. The van der Waals surface area contributed by atoms with Crippen LogP contribution >= 0.6 is 0 Å². The topological polar surface area (TPSA) is 68.2 Å². The summed E-state index contributed by atoms with van der Waals surface area (Å²) in [5.41, 5.74) is 1.93. The molecule has 0 aliphatic heterocycles. The summed E-state index contributed by atoms with van der Waals surface area (Å²) in [5, 5.41) is 24.2. The van der Waals surface area contributed by atoms with Gasteiger partial charge in [0.2, 0.25) is 0 Å². The summed E-state index contributed by atoms with van der Waals surface area (Å²) < 4.78 is 18.8. The molecule has 5 nitrogen and oxygen atoms in total. The van der Waals surface area contributed by atoms with E-state index in [1.54, 1.807) is 7.11 Å². The fourth-order valence-electron chi connectivity index (χ4n) is 6.15. The zero-order valence-corrected chi connectivity index (χ0v) is 28.3. The molecular weight excluding hydrogens is 552 g/mol. The smallest absolute Gasteiger partial charge is 0.261 e. The van der Waals surface area contributed by atoms with Crippen LogP contribution < -0.4 is 15.1 Å². The minimum Gasteiger partial charge on any atom is -0.497 e. The van der Waals surface area contributed by atoms with Crippen LogP contribution in [0.3, 0.4) is 0 Å². The minimum atomic E-state index is -2.73. The average molecular weight is 605 g/mol. The highest BCUT2D eigenvalue weighted by Gasteiger charge is 2.50. The summed E-state index contributed by atoms with van der Waals surface area (Å²) in [5.74, 6) is 0.405. The fraction of sp³-hybridized carbons (Fsp3) is 0.459. The highest BCUT2D eigenvalue weighted by atomic mass is 28.4. The second-order valence-electron chi connectivity index (χ2n) is 12.8. The van der Waals surface area contributed by atoms with Crippen molar-refractivity contribution in [3.63, 3.8) is 0 Å². The van der Waals surface area contributed by atoms with Crippen LogP contribution in [-0.4, -0.2) is 51.1 Å². The Morgan fingerprint density at radius 1 is 0.837 bits per heavy atom. The first-order chi connectivity index (χ1) is 20.5. The van der Waals surface area contributed by atoms with E-state index >= 15 is 0 Å². The average Bonchev–Trinajstić information content (AvgIpc) is 3.02. The molecule has 3 aromatic rings. The van der Waals surface area contributed by atoms with Crippen LogP contribution in [0.15, 0.2) is 96.6 Å². The van der Waals surface area contributed by atoms with Gasteiger partial charge in [0.05, 0.1) is 25.9 Å². The Morgan fingerprint density at radius 3 is 1.81 bits per heavy atom. The van der Waals surface area contributed by atoms with Gasteiger partial charge in [-0.3, -0.25) is 0 Å². The maximum Gasteiger partial charge on any atom is 0.261 e. The van der Waals surface area contributed by atoms with E-state index in [4.69, 9.17) is 13.9 Å². The first-order valence-electron chi connectivity index (χ1n) is 15.4. The Hall–Kier alpha value is -2.74. The Labute approximate surface area is 260 Å². The van der Waals surface area contributed by atoms with E-state index in [1.807, 2.05) is 56.3 Å². The molecule has 0 bridgehead atoms. The molecule has 1 unspecified atom stereocenters. The minimum absolute atomic E-state index is 0.00275. The molecule has 0 aliphatic rings. The summed E-state index contributed by atoms with van der Waals surface area (Å²) in [7, 11) is -1.08. The third-order valence-corrected chi connectivity index (χ3v) is 13.7. The highest BCUT2D eigenvalue weighted by molar-refractivity contribution is 6.99. The normalized spacial score (nSPS) is 16.3. The van der Waals surface area contributed by atoms with E-state index < -0.39 is 14.4 Å². The molecule has 0 aliphatic carbocycles. The maximum atomic E-state index is 11.8. The van der Waals surface area contributed by atoms with Crippen LogP contribution in [0.2, 0.25) is 5.04 Å². The summed E-state index contributed by atoms with van der Waals surface area (Å²) in [6.45, 7) is 15.7. The quantitative estimate of drug-likeness (QED) is 0.156. The van der Waals surface area contributed by atoms with Gasteiger partial charge in [-0.1, -0.05) is 120 Å². The lowest BCUT2D eigenvalue weighted by Crippen LogP contribution is -2.67. The van der Waals surface area contributed by atoms with Crippen LogP contribution in [0.1, 0.15) is 54.0 Å². The second kappa shape index (κ2) is 15.8. The Morgan fingerprint density at radius 2 is 1.37 bits per heavy atom. The van der Waals surface area contributed by atoms with Crippen molar-refractivity contribution in [3.8, 4) is 5.75 Å². The molecule has 234 valence electrons. The van der Waals surface area contributed by atoms with E-state index in [1.165, 1.54) is 10.4 Å². The number of aliphatic hydroxyl groups excluding tert-OH is 2. The third kappa shape index (κ3) is 8.25. The van der Waals surface area contributed by atoms with Crippen LogP contribution in [0, 0.1) is 17.8 Å². The van der Waals surface area contributed by atoms with Gasteiger partial charge in [0, 0.05) is 31.0 Å². The van der Waals surface area contributed by atoms with Crippen molar-refractivity contribution in [1.29, 1.82) is 0 Å². The van der Waals surface area contributed by atoms with Gasteiger partial charge in [-0.2, -0.15) is 0 Å². The zero-order chi connectivity index (χ0) is 31.6. The lowest BCUT2D eigenvalue weighted by molar-refractivity contribution is -0.0397. The number of ether oxygens (including phenoxy) is 2. The van der Waals surface area contributed by atoms with Crippen molar-refractivity contribution < 1.29 is 24.1 Å².